The number of ether oxygens (including phenoxy) is 1. The van der Waals surface area contributed by atoms with Gasteiger partial charge in [-0.3, -0.25) is 5.41 Å². The van der Waals surface area contributed by atoms with Gasteiger partial charge in [0.15, 0.2) is 0 Å². The molecule has 2 heterocycles. The van der Waals surface area contributed by atoms with Gasteiger partial charge in [-0.2, -0.15) is 0 Å². The van der Waals surface area contributed by atoms with E-state index in [-0.39, 0.29) is 17.8 Å². The van der Waals surface area contributed by atoms with Crippen molar-refractivity contribution in [3.05, 3.63) is 21.0 Å². The third kappa shape index (κ3) is 4.46. The Hall–Kier alpha value is -1.58. The molecule has 1 atom stereocenters. The van der Waals surface area contributed by atoms with Crippen LogP contribution in [0.3, 0.4) is 0 Å². The van der Waals surface area contributed by atoms with Gasteiger partial charge in [-0.1, -0.05) is 0 Å². The molecular weight excluding hydrogens is 409 g/mol. The fourth-order valence-corrected chi connectivity index (χ4v) is 3.24. The van der Waals surface area contributed by atoms with Crippen LogP contribution in [0, 0.1) is 8.98 Å². The molecule has 1 aliphatic rings. The molecule has 1 fully saturated rings. The number of likely N-dealkylation sites (tertiary alicyclic amines) is 1. The fraction of sp³-hybridized carbons (Fsp3) is 0.533. The summed E-state index contributed by atoms with van der Waals surface area (Å²) in [6.07, 6.45) is 1.52. The largest absolute Gasteiger partial charge is 0.444 e. The number of nitrogens with one attached hydrogen (secondary N) is 2. The summed E-state index contributed by atoms with van der Waals surface area (Å²) in [4.78, 5) is 20.9. The van der Waals surface area contributed by atoms with E-state index in [0.717, 1.165) is 27.7 Å². The van der Waals surface area contributed by atoms with Gasteiger partial charge in [-0.15, -0.1) is 0 Å². The lowest BCUT2D eigenvalue weighted by atomic mass is 10.1. The highest BCUT2D eigenvalue weighted by Crippen LogP contribution is 2.29. The molecule has 7 nitrogen and oxygen atoms in total. The van der Waals surface area contributed by atoms with E-state index in [1.807, 2.05) is 26.8 Å². The number of nitrogens with two attached hydrogens (primary N) is 1. The third-order valence-corrected chi connectivity index (χ3v) is 4.38. The average Bonchev–Trinajstić information content (AvgIpc) is 3.03. The van der Waals surface area contributed by atoms with Crippen LogP contribution in [-0.2, 0) is 4.74 Å². The van der Waals surface area contributed by atoms with Gasteiger partial charge in [0, 0.05) is 28.3 Å². The van der Waals surface area contributed by atoms with Crippen molar-refractivity contribution < 1.29 is 9.53 Å². The van der Waals surface area contributed by atoms with E-state index in [9.17, 15) is 4.79 Å². The minimum atomic E-state index is -0.484. The van der Waals surface area contributed by atoms with E-state index in [4.69, 9.17) is 15.9 Å². The van der Waals surface area contributed by atoms with Crippen LogP contribution in [-0.4, -0.2) is 46.8 Å². The molecule has 0 aliphatic carbocycles. The molecule has 1 amide bonds. The summed E-state index contributed by atoms with van der Waals surface area (Å²) < 4.78 is 6.37. The first kappa shape index (κ1) is 17.8. The molecule has 1 aliphatic heterocycles. The molecule has 1 saturated heterocycles. The zero-order chi connectivity index (χ0) is 17.2. The first-order chi connectivity index (χ1) is 10.7. The molecule has 0 bridgehead atoms. The van der Waals surface area contributed by atoms with Crippen molar-refractivity contribution in [2.75, 3.05) is 13.1 Å². The lowest BCUT2D eigenvalue weighted by Gasteiger charge is -2.24. The predicted octanol–water partition coefficient (Wildman–Crippen LogP) is 2.66. The number of amidine groups is 1. The summed E-state index contributed by atoms with van der Waals surface area (Å²) in [5, 5.41) is 7.00. The number of halogens is 1. The molecule has 0 saturated carbocycles. The van der Waals surface area contributed by atoms with Crippen molar-refractivity contribution >= 4 is 40.9 Å². The number of rotatable bonds is 3. The molecule has 0 radical (unpaired) electrons. The van der Waals surface area contributed by atoms with Crippen LogP contribution in [0.25, 0.3) is 0 Å². The third-order valence-electron chi connectivity index (χ3n) is 3.53. The molecule has 1 aromatic rings. The number of amides is 1. The summed E-state index contributed by atoms with van der Waals surface area (Å²) in [5.74, 6) is 0.509. The smallest absolute Gasteiger partial charge is 0.410 e. The summed E-state index contributed by atoms with van der Waals surface area (Å²) in [5.41, 5.74) is 7.11. The maximum atomic E-state index is 12.1. The number of aromatic amines is 1. The van der Waals surface area contributed by atoms with Crippen LogP contribution in [0.5, 0.6) is 0 Å². The number of hydrogen-bond acceptors (Lipinski definition) is 3. The van der Waals surface area contributed by atoms with Crippen molar-refractivity contribution in [2.24, 2.45) is 10.7 Å². The van der Waals surface area contributed by atoms with Gasteiger partial charge in [0.05, 0.1) is 5.69 Å². The van der Waals surface area contributed by atoms with Gasteiger partial charge in [0.1, 0.15) is 17.8 Å². The van der Waals surface area contributed by atoms with Crippen LogP contribution in [0.2, 0.25) is 0 Å². The van der Waals surface area contributed by atoms with Crippen LogP contribution < -0.4 is 5.73 Å². The Labute approximate surface area is 149 Å². The molecule has 8 heteroatoms. The highest BCUT2D eigenvalue weighted by atomic mass is 127. The topological polar surface area (TPSA) is 108 Å². The van der Waals surface area contributed by atoms with E-state index < -0.39 is 5.60 Å². The van der Waals surface area contributed by atoms with Gasteiger partial charge >= 0.3 is 6.09 Å². The maximum absolute atomic E-state index is 12.1. The number of nitrogens with zero attached hydrogens (tertiary/aromatic N) is 2. The molecule has 2 rings (SSSR count). The van der Waals surface area contributed by atoms with Gasteiger partial charge in [-0.05, 0) is 55.8 Å². The number of carbonyl (C=O) groups excluding carboxylic acids is 1. The predicted molar refractivity (Wildman–Crippen MR) is 98.2 cm³/mol. The van der Waals surface area contributed by atoms with Crippen LogP contribution in [0.15, 0.2) is 11.1 Å². The number of aromatic nitrogens is 1. The van der Waals surface area contributed by atoms with Gasteiger partial charge in [0.25, 0.3) is 0 Å². The maximum Gasteiger partial charge on any atom is 0.410 e. The standard InChI is InChI=1S/C15H22IN5O2/c1-15(2,3)23-14(22)21-5-4-9(7-21)11-6-10(16)12(20-11)13(18)19-8-17/h6,8-9,20H,4-5,7H2,1-3H3,(H3,17,18,19)/t9-/m0/s1. The minimum Gasteiger partial charge on any atom is -0.444 e. The Bertz CT molecular complexity index is 632. The monoisotopic (exact) mass is 431 g/mol. The summed E-state index contributed by atoms with van der Waals surface area (Å²) in [6, 6.07) is 2.02. The van der Waals surface area contributed by atoms with Crippen LogP contribution in [0.1, 0.15) is 44.5 Å². The lowest BCUT2D eigenvalue weighted by Crippen LogP contribution is -2.35. The molecule has 0 spiro atoms. The minimum absolute atomic E-state index is 0.220. The first-order valence-corrected chi connectivity index (χ1v) is 8.48. The molecule has 23 heavy (non-hydrogen) atoms. The number of hydrogen-bond donors (Lipinski definition) is 3. The van der Waals surface area contributed by atoms with E-state index >= 15 is 0 Å². The average molecular weight is 431 g/mol. The fourth-order valence-electron chi connectivity index (χ4n) is 2.50. The number of carbonyl (C=O) groups is 1. The Morgan fingerprint density at radius 3 is 2.91 bits per heavy atom. The molecule has 126 valence electrons. The highest BCUT2D eigenvalue weighted by molar-refractivity contribution is 14.1. The van der Waals surface area contributed by atoms with Crippen molar-refractivity contribution in [1.82, 2.24) is 9.88 Å². The Morgan fingerprint density at radius 1 is 1.61 bits per heavy atom. The number of H-pyrrole nitrogens is 1. The summed E-state index contributed by atoms with van der Waals surface area (Å²) in [7, 11) is 0. The lowest BCUT2D eigenvalue weighted by molar-refractivity contribution is 0.0292. The van der Waals surface area contributed by atoms with Crippen molar-refractivity contribution in [2.45, 2.75) is 38.7 Å². The Balaban J connectivity index is 2.08. The Kier molecular flexibility index (Phi) is 5.33. The summed E-state index contributed by atoms with van der Waals surface area (Å²) >= 11 is 2.19. The van der Waals surface area contributed by atoms with E-state index in [1.54, 1.807) is 4.90 Å². The number of aliphatic imine (C=N–C) groups is 1. The molecule has 4 N–H and O–H groups in total. The van der Waals surface area contributed by atoms with Crippen LogP contribution in [0.4, 0.5) is 4.79 Å². The summed E-state index contributed by atoms with van der Waals surface area (Å²) in [6.45, 7) is 6.89. The van der Waals surface area contributed by atoms with Crippen molar-refractivity contribution in [3.8, 4) is 0 Å². The van der Waals surface area contributed by atoms with E-state index in [1.165, 1.54) is 0 Å². The van der Waals surface area contributed by atoms with Crippen molar-refractivity contribution in [3.63, 3.8) is 0 Å². The SMILES string of the molecule is CC(C)(C)OC(=O)N1CC[C@H](c2cc(I)c(/C(N)=N\C=N)[nH]2)C1. The molecule has 0 aromatic carbocycles. The second-order valence-corrected chi connectivity index (χ2v) is 7.67. The highest BCUT2D eigenvalue weighted by Gasteiger charge is 2.31. The second kappa shape index (κ2) is 6.90. The van der Waals surface area contributed by atoms with Gasteiger partial charge < -0.3 is 20.4 Å². The second-order valence-electron chi connectivity index (χ2n) is 6.50. The normalized spacial score (nSPS) is 19.0. The zero-order valence-electron chi connectivity index (χ0n) is 13.5. The van der Waals surface area contributed by atoms with Crippen molar-refractivity contribution in [1.29, 1.82) is 5.41 Å². The van der Waals surface area contributed by atoms with Crippen LogP contribution >= 0.6 is 22.6 Å². The van der Waals surface area contributed by atoms with E-state index in [2.05, 4.69) is 32.6 Å². The van der Waals surface area contributed by atoms with Gasteiger partial charge in [0.2, 0.25) is 0 Å². The quantitative estimate of drug-likeness (QED) is 0.389. The van der Waals surface area contributed by atoms with E-state index in [0.29, 0.717) is 13.1 Å². The molecule has 1 aromatic heterocycles. The molecular formula is C15H22IN5O2. The first-order valence-electron chi connectivity index (χ1n) is 7.40. The molecule has 0 unspecified atom stereocenters. The van der Waals surface area contributed by atoms with Gasteiger partial charge in [-0.25, -0.2) is 9.79 Å². The Morgan fingerprint density at radius 2 is 2.30 bits per heavy atom. The zero-order valence-corrected chi connectivity index (χ0v) is 15.7.